The van der Waals surface area contributed by atoms with Crippen LogP contribution in [0.1, 0.15) is 51.9 Å². The molecule has 0 N–H and O–H groups in total. The van der Waals surface area contributed by atoms with Gasteiger partial charge in [0, 0.05) is 0 Å². The van der Waals surface area contributed by atoms with Crippen molar-refractivity contribution >= 4 is 10.5 Å². The standard InChI is InChI=1S/C10H19OSi/c1-2-3-4-5-6-7-8-9-10-11-12/h9-10H,2-8H2,1H3/b10-9+. The monoisotopic (exact) mass is 183 g/mol. The van der Waals surface area contributed by atoms with Crippen LogP contribution in [0.15, 0.2) is 12.3 Å². The van der Waals surface area contributed by atoms with Crippen molar-refractivity contribution in [2.24, 2.45) is 0 Å². The fourth-order valence-corrected chi connectivity index (χ4v) is 1.25. The molecule has 69 valence electrons. The summed E-state index contributed by atoms with van der Waals surface area (Å²) < 4.78 is 4.61. The number of hydrogen-bond donors (Lipinski definition) is 0. The Labute approximate surface area is 79.7 Å². The molecule has 0 aliphatic rings. The summed E-state index contributed by atoms with van der Waals surface area (Å²) in [6.45, 7) is 2.25. The third-order valence-corrected chi connectivity index (χ3v) is 2.02. The van der Waals surface area contributed by atoms with Crippen molar-refractivity contribution in [2.45, 2.75) is 51.9 Å². The van der Waals surface area contributed by atoms with Crippen LogP contribution < -0.4 is 0 Å². The molecule has 2 heteroatoms. The molecule has 0 amide bonds. The summed E-state index contributed by atoms with van der Waals surface area (Å²) in [4.78, 5) is 0. The minimum absolute atomic E-state index is 1.14. The average molecular weight is 183 g/mol. The van der Waals surface area contributed by atoms with Gasteiger partial charge in [-0.2, -0.15) is 0 Å². The largest absolute Gasteiger partial charge is 0.546 e. The summed E-state index contributed by atoms with van der Waals surface area (Å²) in [5, 5.41) is 0. The fourth-order valence-electron chi connectivity index (χ4n) is 1.16. The van der Waals surface area contributed by atoms with Gasteiger partial charge in [-0.25, -0.2) is 0 Å². The lowest BCUT2D eigenvalue weighted by molar-refractivity contribution is 0.529. The lowest BCUT2D eigenvalue weighted by atomic mass is 10.1. The van der Waals surface area contributed by atoms with Crippen molar-refractivity contribution in [1.29, 1.82) is 0 Å². The van der Waals surface area contributed by atoms with E-state index in [2.05, 4.69) is 21.8 Å². The van der Waals surface area contributed by atoms with Gasteiger partial charge in [-0.05, 0) is 12.8 Å². The van der Waals surface area contributed by atoms with Gasteiger partial charge in [-0.15, -0.1) is 0 Å². The summed E-state index contributed by atoms with van der Waals surface area (Å²) >= 11 is 0. The third-order valence-electron chi connectivity index (χ3n) is 1.89. The highest BCUT2D eigenvalue weighted by Crippen LogP contribution is 2.06. The van der Waals surface area contributed by atoms with Crippen LogP contribution in [0, 0.1) is 0 Å². The number of rotatable bonds is 8. The number of hydrogen-bond acceptors (Lipinski definition) is 1. The molecule has 0 aliphatic carbocycles. The van der Waals surface area contributed by atoms with Gasteiger partial charge in [0.15, 0.2) is 0 Å². The molecule has 0 aromatic heterocycles. The molecular weight excluding hydrogens is 164 g/mol. The second kappa shape index (κ2) is 10.8. The van der Waals surface area contributed by atoms with Crippen molar-refractivity contribution < 1.29 is 4.43 Å². The Morgan fingerprint density at radius 3 is 2.42 bits per heavy atom. The Bertz CT molecular complexity index is 102. The van der Waals surface area contributed by atoms with E-state index in [0.29, 0.717) is 0 Å². The van der Waals surface area contributed by atoms with Crippen molar-refractivity contribution in [3.63, 3.8) is 0 Å². The van der Waals surface area contributed by atoms with E-state index >= 15 is 0 Å². The van der Waals surface area contributed by atoms with Crippen LogP contribution in [0.2, 0.25) is 0 Å². The van der Waals surface area contributed by atoms with Crippen molar-refractivity contribution in [3.8, 4) is 0 Å². The maximum Gasteiger partial charge on any atom is 0.340 e. The Hall–Kier alpha value is -0.243. The topological polar surface area (TPSA) is 9.23 Å². The second-order valence-electron chi connectivity index (χ2n) is 3.05. The molecule has 0 atom stereocenters. The van der Waals surface area contributed by atoms with Crippen LogP contribution >= 0.6 is 0 Å². The molecule has 0 saturated heterocycles. The molecule has 0 spiro atoms. The molecule has 0 fully saturated rings. The zero-order valence-corrected chi connectivity index (χ0v) is 9.01. The average Bonchev–Trinajstić information content (AvgIpc) is 2.10. The summed E-state index contributed by atoms with van der Waals surface area (Å²) in [6, 6.07) is 0. The summed E-state index contributed by atoms with van der Waals surface area (Å²) in [5.74, 6) is 0. The van der Waals surface area contributed by atoms with E-state index in [0.717, 1.165) is 6.42 Å². The molecule has 0 saturated carbocycles. The van der Waals surface area contributed by atoms with E-state index in [-0.39, 0.29) is 0 Å². The number of unbranched alkanes of at least 4 members (excludes halogenated alkanes) is 6. The smallest absolute Gasteiger partial charge is 0.340 e. The predicted octanol–water partition coefficient (Wildman–Crippen LogP) is 3.35. The SMILES string of the molecule is CCCCCCCC/C=C/O[Si]. The van der Waals surface area contributed by atoms with Gasteiger partial charge in [0.05, 0.1) is 6.26 Å². The van der Waals surface area contributed by atoms with Gasteiger partial charge in [-0.1, -0.05) is 45.1 Å². The maximum atomic E-state index is 4.61. The zero-order chi connectivity index (χ0) is 9.07. The lowest BCUT2D eigenvalue weighted by Gasteiger charge is -1.97. The predicted molar refractivity (Wildman–Crippen MR) is 54.0 cm³/mol. The molecule has 0 aromatic rings. The van der Waals surface area contributed by atoms with E-state index in [1.165, 1.54) is 38.5 Å². The first-order valence-electron chi connectivity index (χ1n) is 4.89. The van der Waals surface area contributed by atoms with Gasteiger partial charge < -0.3 is 4.43 Å². The molecule has 0 bridgehead atoms. The maximum absolute atomic E-state index is 4.61. The molecule has 1 nitrogen and oxygen atoms in total. The van der Waals surface area contributed by atoms with E-state index in [4.69, 9.17) is 0 Å². The minimum Gasteiger partial charge on any atom is -0.546 e. The van der Waals surface area contributed by atoms with Crippen LogP contribution in [-0.2, 0) is 4.43 Å². The van der Waals surface area contributed by atoms with Crippen LogP contribution in [0.4, 0.5) is 0 Å². The molecule has 12 heavy (non-hydrogen) atoms. The van der Waals surface area contributed by atoms with Crippen LogP contribution in [0.25, 0.3) is 0 Å². The molecule has 0 aromatic carbocycles. The van der Waals surface area contributed by atoms with E-state index in [1.807, 2.05) is 6.08 Å². The minimum atomic E-state index is 1.14. The van der Waals surface area contributed by atoms with Crippen molar-refractivity contribution in [2.75, 3.05) is 0 Å². The van der Waals surface area contributed by atoms with Crippen molar-refractivity contribution in [1.82, 2.24) is 0 Å². The molecule has 0 heterocycles. The normalized spacial score (nSPS) is 10.8. The highest BCUT2D eigenvalue weighted by atomic mass is 28.2. The van der Waals surface area contributed by atoms with E-state index in [9.17, 15) is 0 Å². The van der Waals surface area contributed by atoms with Crippen LogP contribution in [0.5, 0.6) is 0 Å². The third kappa shape index (κ3) is 9.76. The molecule has 0 rings (SSSR count). The number of allylic oxidation sites excluding steroid dienone is 1. The summed E-state index contributed by atoms with van der Waals surface area (Å²) in [5.41, 5.74) is 0. The highest BCUT2D eigenvalue weighted by Gasteiger charge is 1.87. The van der Waals surface area contributed by atoms with E-state index < -0.39 is 0 Å². The van der Waals surface area contributed by atoms with Crippen LogP contribution in [-0.4, -0.2) is 10.5 Å². The van der Waals surface area contributed by atoms with Gasteiger partial charge in [0.1, 0.15) is 0 Å². The first kappa shape index (κ1) is 11.8. The summed E-state index contributed by atoms with van der Waals surface area (Å²) in [6.07, 6.45) is 13.0. The molecular formula is C10H19OSi. The Morgan fingerprint density at radius 2 is 1.75 bits per heavy atom. The lowest BCUT2D eigenvalue weighted by Crippen LogP contribution is -1.77. The Kier molecular flexibility index (Phi) is 10.5. The zero-order valence-electron chi connectivity index (χ0n) is 8.01. The van der Waals surface area contributed by atoms with Crippen molar-refractivity contribution in [3.05, 3.63) is 12.3 Å². The van der Waals surface area contributed by atoms with Gasteiger partial charge in [0.2, 0.25) is 0 Å². The quantitative estimate of drug-likeness (QED) is 0.318. The molecule has 0 aliphatic heterocycles. The molecule has 3 radical (unpaired) electrons. The molecule has 0 unspecified atom stereocenters. The second-order valence-corrected chi connectivity index (χ2v) is 3.28. The van der Waals surface area contributed by atoms with Gasteiger partial charge >= 0.3 is 10.5 Å². The van der Waals surface area contributed by atoms with E-state index in [1.54, 1.807) is 6.26 Å². The fraction of sp³-hybridized carbons (Fsp3) is 0.800. The summed E-state index contributed by atoms with van der Waals surface area (Å²) in [7, 11) is 2.91. The van der Waals surface area contributed by atoms with Gasteiger partial charge in [0.25, 0.3) is 0 Å². The first-order valence-corrected chi connectivity index (χ1v) is 5.30. The Morgan fingerprint density at radius 1 is 1.08 bits per heavy atom. The van der Waals surface area contributed by atoms with Crippen LogP contribution in [0.3, 0.4) is 0 Å². The highest BCUT2D eigenvalue weighted by molar-refractivity contribution is 5.98. The van der Waals surface area contributed by atoms with Gasteiger partial charge in [-0.3, -0.25) is 0 Å². The Balaban J connectivity index is 2.86. The first-order chi connectivity index (χ1) is 5.91.